The minimum absolute atomic E-state index is 0.0498. The van der Waals surface area contributed by atoms with Crippen LogP contribution in [-0.2, 0) is 9.53 Å². The zero-order valence-corrected chi connectivity index (χ0v) is 8.33. The van der Waals surface area contributed by atoms with E-state index < -0.39 is 0 Å². The van der Waals surface area contributed by atoms with E-state index in [2.05, 4.69) is 5.32 Å². The van der Waals surface area contributed by atoms with Gasteiger partial charge in [0, 0.05) is 18.5 Å². The fourth-order valence-electron chi connectivity index (χ4n) is 1.11. The van der Waals surface area contributed by atoms with Crippen LogP contribution in [0, 0.1) is 6.92 Å². The summed E-state index contributed by atoms with van der Waals surface area (Å²) in [6.45, 7) is 1.91. The van der Waals surface area contributed by atoms with Gasteiger partial charge in [-0.25, -0.2) is 0 Å². The maximum absolute atomic E-state index is 11.2. The number of amides is 1. The Hall–Kier alpha value is -1.55. The predicted molar refractivity (Wildman–Crippen MR) is 56.1 cm³/mol. The summed E-state index contributed by atoms with van der Waals surface area (Å²) < 4.78 is 4.70. The fourth-order valence-corrected chi connectivity index (χ4v) is 1.11. The first-order valence-electron chi connectivity index (χ1n) is 4.29. The van der Waals surface area contributed by atoms with E-state index in [4.69, 9.17) is 10.5 Å². The summed E-state index contributed by atoms with van der Waals surface area (Å²) >= 11 is 0. The van der Waals surface area contributed by atoms with E-state index in [1.807, 2.05) is 6.92 Å². The molecule has 4 nitrogen and oxygen atoms in total. The van der Waals surface area contributed by atoms with E-state index in [1.54, 1.807) is 18.2 Å². The third-order valence-corrected chi connectivity index (χ3v) is 1.93. The number of nitrogens with two attached hydrogens (primary N) is 1. The first kappa shape index (κ1) is 10.5. The highest BCUT2D eigenvalue weighted by molar-refractivity contribution is 5.93. The van der Waals surface area contributed by atoms with Crippen LogP contribution < -0.4 is 11.1 Å². The van der Waals surface area contributed by atoms with E-state index in [0.29, 0.717) is 5.69 Å². The average Bonchev–Trinajstić information content (AvgIpc) is 2.13. The van der Waals surface area contributed by atoms with E-state index in [0.717, 1.165) is 11.3 Å². The number of nitrogen functional groups attached to an aromatic ring is 1. The number of rotatable bonds is 3. The number of anilines is 2. The molecule has 0 atom stereocenters. The van der Waals surface area contributed by atoms with Crippen LogP contribution in [0.4, 0.5) is 11.4 Å². The number of carbonyl (C=O) groups is 1. The Morgan fingerprint density at radius 3 is 2.93 bits per heavy atom. The van der Waals surface area contributed by atoms with Gasteiger partial charge in [0.25, 0.3) is 0 Å². The Bertz CT molecular complexity index is 337. The standard InChI is InChI=1S/C10H14N2O2/c1-7-8(11)4-3-5-9(7)12-10(13)6-14-2/h3-5H,6,11H2,1-2H3,(H,12,13). The highest BCUT2D eigenvalue weighted by atomic mass is 16.5. The van der Waals surface area contributed by atoms with Crippen molar-refractivity contribution < 1.29 is 9.53 Å². The molecular formula is C10H14N2O2. The van der Waals surface area contributed by atoms with Gasteiger partial charge >= 0.3 is 0 Å². The number of nitrogens with one attached hydrogen (secondary N) is 1. The van der Waals surface area contributed by atoms with Crippen molar-refractivity contribution in [1.29, 1.82) is 0 Å². The Labute approximate surface area is 83.1 Å². The Morgan fingerprint density at radius 1 is 1.57 bits per heavy atom. The van der Waals surface area contributed by atoms with Gasteiger partial charge in [0.15, 0.2) is 0 Å². The Morgan fingerprint density at radius 2 is 2.29 bits per heavy atom. The van der Waals surface area contributed by atoms with Crippen molar-refractivity contribution in [2.45, 2.75) is 6.92 Å². The molecule has 0 bridgehead atoms. The van der Waals surface area contributed by atoms with Gasteiger partial charge in [-0.05, 0) is 24.6 Å². The van der Waals surface area contributed by atoms with Crippen LogP contribution in [0.15, 0.2) is 18.2 Å². The molecule has 0 unspecified atom stereocenters. The van der Waals surface area contributed by atoms with Crippen LogP contribution >= 0.6 is 0 Å². The molecule has 0 radical (unpaired) electrons. The minimum Gasteiger partial charge on any atom is -0.398 e. The number of hydrogen-bond acceptors (Lipinski definition) is 3. The van der Waals surface area contributed by atoms with Crippen LogP contribution in [0.25, 0.3) is 0 Å². The summed E-state index contributed by atoms with van der Waals surface area (Å²) in [5.41, 5.74) is 7.96. The molecule has 1 amide bonds. The molecule has 0 aliphatic rings. The molecule has 0 aliphatic carbocycles. The number of ether oxygens (including phenoxy) is 1. The minimum atomic E-state index is -0.179. The van der Waals surface area contributed by atoms with E-state index in [-0.39, 0.29) is 12.5 Å². The lowest BCUT2D eigenvalue weighted by Gasteiger charge is -2.09. The molecule has 0 aromatic heterocycles. The first-order valence-corrected chi connectivity index (χ1v) is 4.29. The van der Waals surface area contributed by atoms with E-state index in [9.17, 15) is 4.79 Å². The van der Waals surface area contributed by atoms with Crippen LogP contribution in [0.5, 0.6) is 0 Å². The molecular weight excluding hydrogens is 180 g/mol. The molecule has 0 saturated carbocycles. The highest BCUT2D eigenvalue weighted by Crippen LogP contribution is 2.20. The summed E-state index contributed by atoms with van der Waals surface area (Å²) in [6, 6.07) is 5.39. The normalized spacial score (nSPS) is 9.86. The van der Waals surface area contributed by atoms with Crippen LogP contribution in [0.2, 0.25) is 0 Å². The summed E-state index contributed by atoms with van der Waals surface area (Å²) in [7, 11) is 1.48. The van der Waals surface area contributed by atoms with Crippen molar-refractivity contribution in [1.82, 2.24) is 0 Å². The van der Waals surface area contributed by atoms with Gasteiger partial charge in [0.05, 0.1) is 0 Å². The average molecular weight is 194 g/mol. The molecule has 0 aliphatic heterocycles. The molecule has 0 heterocycles. The van der Waals surface area contributed by atoms with Crippen molar-refractivity contribution in [3.8, 4) is 0 Å². The maximum atomic E-state index is 11.2. The number of methoxy groups -OCH3 is 1. The molecule has 1 aromatic rings. The van der Waals surface area contributed by atoms with Crippen molar-refractivity contribution in [2.24, 2.45) is 0 Å². The third-order valence-electron chi connectivity index (χ3n) is 1.93. The molecule has 1 aromatic carbocycles. The van der Waals surface area contributed by atoms with Gasteiger partial charge < -0.3 is 15.8 Å². The monoisotopic (exact) mass is 194 g/mol. The molecule has 0 saturated heterocycles. The summed E-state index contributed by atoms with van der Waals surface area (Å²) in [6.07, 6.45) is 0. The lowest BCUT2D eigenvalue weighted by molar-refractivity contribution is -0.119. The zero-order chi connectivity index (χ0) is 10.6. The fraction of sp³-hybridized carbons (Fsp3) is 0.300. The number of carbonyl (C=O) groups excluding carboxylic acids is 1. The van der Waals surface area contributed by atoms with Crippen molar-refractivity contribution >= 4 is 17.3 Å². The zero-order valence-electron chi connectivity index (χ0n) is 8.33. The lowest BCUT2D eigenvalue weighted by Crippen LogP contribution is -2.17. The molecule has 76 valence electrons. The molecule has 1 rings (SSSR count). The molecule has 3 N–H and O–H groups in total. The second-order valence-electron chi connectivity index (χ2n) is 3.00. The van der Waals surface area contributed by atoms with Crippen molar-refractivity contribution in [3.63, 3.8) is 0 Å². The molecule has 0 spiro atoms. The van der Waals surface area contributed by atoms with Gasteiger partial charge in [-0.2, -0.15) is 0 Å². The summed E-state index contributed by atoms with van der Waals surface area (Å²) in [5.74, 6) is -0.179. The Balaban J connectivity index is 2.76. The van der Waals surface area contributed by atoms with E-state index >= 15 is 0 Å². The molecule has 14 heavy (non-hydrogen) atoms. The van der Waals surface area contributed by atoms with Gasteiger partial charge in [0.1, 0.15) is 6.61 Å². The smallest absolute Gasteiger partial charge is 0.250 e. The third kappa shape index (κ3) is 2.47. The van der Waals surface area contributed by atoms with Gasteiger partial charge in [-0.1, -0.05) is 6.07 Å². The van der Waals surface area contributed by atoms with Gasteiger partial charge in [-0.15, -0.1) is 0 Å². The second-order valence-corrected chi connectivity index (χ2v) is 3.00. The quantitative estimate of drug-likeness (QED) is 0.710. The van der Waals surface area contributed by atoms with Crippen LogP contribution in [-0.4, -0.2) is 19.6 Å². The van der Waals surface area contributed by atoms with Crippen LogP contribution in [0.1, 0.15) is 5.56 Å². The second kappa shape index (κ2) is 4.62. The number of benzene rings is 1. The largest absolute Gasteiger partial charge is 0.398 e. The highest BCUT2D eigenvalue weighted by Gasteiger charge is 2.04. The first-order chi connectivity index (χ1) is 6.65. The van der Waals surface area contributed by atoms with Gasteiger partial charge in [-0.3, -0.25) is 4.79 Å². The number of hydrogen-bond donors (Lipinski definition) is 2. The maximum Gasteiger partial charge on any atom is 0.250 e. The molecule has 4 heteroatoms. The summed E-state index contributed by atoms with van der Waals surface area (Å²) in [4.78, 5) is 11.2. The predicted octanol–water partition coefficient (Wildman–Crippen LogP) is 1.16. The summed E-state index contributed by atoms with van der Waals surface area (Å²) in [5, 5.41) is 2.71. The van der Waals surface area contributed by atoms with Crippen LogP contribution in [0.3, 0.4) is 0 Å². The topological polar surface area (TPSA) is 64.3 Å². The van der Waals surface area contributed by atoms with Crippen molar-refractivity contribution in [3.05, 3.63) is 23.8 Å². The lowest BCUT2D eigenvalue weighted by atomic mass is 10.1. The van der Waals surface area contributed by atoms with E-state index in [1.165, 1.54) is 7.11 Å². The molecule has 0 fully saturated rings. The van der Waals surface area contributed by atoms with Crippen molar-refractivity contribution in [2.75, 3.05) is 24.8 Å². The Kier molecular flexibility index (Phi) is 3.48. The van der Waals surface area contributed by atoms with Gasteiger partial charge in [0.2, 0.25) is 5.91 Å². The SMILES string of the molecule is COCC(=O)Nc1cccc(N)c1C.